The number of pyridine rings is 1. The number of hydrogen-bond acceptors (Lipinski definition) is 7. The second-order valence-electron chi connectivity index (χ2n) is 7.45. The molecule has 3 heterocycles. The van der Waals surface area contributed by atoms with Crippen LogP contribution in [0, 0.1) is 0 Å². The molecule has 1 aliphatic heterocycles. The maximum Gasteiger partial charge on any atom is 0.437 e. The summed E-state index contributed by atoms with van der Waals surface area (Å²) in [5.41, 5.74) is -0.934. The number of carbonyl (C=O) groups is 2. The molecule has 0 unspecified atom stereocenters. The Kier molecular flexibility index (Phi) is 6.50. The molecule has 12 heteroatoms. The Bertz CT molecular complexity index is 1160. The first-order chi connectivity index (χ1) is 16.3. The smallest absolute Gasteiger partial charge is 0.430 e. The van der Waals surface area contributed by atoms with Gasteiger partial charge in [-0.3, -0.25) is 9.59 Å². The Labute approximate surface area is 191 Å². The van der Waals surface area contributed by atoms with Gasteiger partial charge in [-0.2, -0.15) is 13.2 Å². The molecule has 0 bridgehead atoms. The first-order valence-electron chi connectivity index (χ1n) is 10.3. The van der Waals surface area contributed by atoms with E-state index in [9.17, 15) is 22.8 Å². The number of rotatable bonds is 5. The van der Waals surface area contributed by atoms with Gasteiger partial charge in [0.25, 0.3) is 5.91 Å². The van der Waals surface area contributed by atoms with Crippen molar-refractivity contribution >= 4 is 23.3 Å². The van der Waals surface area contributed by atoms with Crippen LogP contribution in [0.3, 0.4) is 0 Å². The molecule has 3 aromatic rings. The van der Waals surface area contributed by atoms with E-state index >= 15 is 0 Å². The third kappa shape index (κ3) is 5.01. The number of halogens is 3. The zero-order valence-electron chi connectivity index (χ0n) is 17.7. The minimum Gasteiger partial charge on any atom is -0.430 e. The molecule has 0 aliphatic carbocycles. The highest BCUT2D eigenvalue weighted by atomic mass is 19.4. The highest BCUT2D eigenvalue weighted by Crippen LogP contribution is 2.34. The van der Waals surface area contributed by atoms with Crippen LogP contribution in [0.2, 0.25) is 0 Å². The van der Waals surface area contributed by atoms with Crippen molar-refractivity contribution in [2.75, 3.05) is 43.0 Å². The molecular weight excluding hydrogens is 455 g/mol. The minimum atomic E-state index is -4.88. The Morgan fingerprint density at radius 2 is 1.76 bits per heavy atom. The molecule has 2 amide bonds. The van der Waals surface area contributed by atoms with E-state index < -0.39 is 30.1 Å². The van der Waals surface area contributed by atoms with Crippen molar-refractivity contribution in [1.29, 1.82) is 0 Å². The molecule has 0 atom stereocenters. The van der Waals surface area contributed by atoms with E-state index in [1.165, 1.54) is 24.4 Å². The van der Waals surface area contributed by atoms with Crippen LogP contribution < -0.4 is 10.2 Å². The standard InChI is InChI=1S/C22H20F3N5O4/c23-22(24,25)19-18(34-21(28-19)14-4-2-1-3-5-14)20(33)27-15-6-7-16(26-12-15)29-8-10-30(11-9-29)17(32)13-31/h1-7,12,31H,8-11,13H2,(H,27,33). The Morgan fingerprint density at radius 3 is 2.35 bits per heavy atom. The highest BCUT2D eigenvalue weighted by Gasteiger charge is 2.41. The van der Waals surface area contributed by atoms with E-state index in [-0.39, 0.29) is 17.5 Å². The van der Waals surface area contributed by atoms with Crippen LogP contribution in [-0.2, 0) is 11.0 Å². The average Bonchev–Trinajstić information content (AvgIpc) is 3.31. The summed E-state index contributed by atoms with van der Waals surface area (Å²) >= 11 is 0. The van der Waals surface area contributed by atoms with Crippen LogP contribution >= 0.6 is 0 Å². The van der Waals surface area contributed by atoms with Gasteiger partial charge >= 0.3 is 6.18 Å². The summed E-state index contributed by atoms with van der Waals surface area (Å²) in [4.78, 5) is 35.4. The Balaban J connectivity index is 1.47. The SMILES string of the molecule is O=C(Nc1ccc(N2CCN(C(=O)CO)CC2)nc1)c1oc(-c2ccccc2)nc1C(F)(F)F. The van der Waals surface area contributed by atoms with E-state index in [4.69, 9.17) is 9.52 Å². The van der Waals surface area contributed by atoms with Crippen molar-refractivity contribution in [3.8, 4) is 11.5 Å². The van der Waals surface area contributed by atoms with E-state index in [2.05, 4.69) is 15.3 Å². The predicted octanol–water partition coefficient (Wildman–Crippen LogP) is 2.65. The molecule has 1 fully saturated rings. The molecule has 0 saturated carbocycles. The van der Waals surface area contributed by atoms with Gasteiger partial charge in [0.1, 0.15) is 12.4 Å². The maximum atomic E-state index is 13.5. The van der Waals surface area contributed by atoms with Crippen molar-refractivity contribution in [3.63, 3.8) is 0 Å². The summed E-state index contributed by atoms with van der Waals surface area (Å²) in [6.07, 6.45) is -3.56. The summed E-state index contributed by atoms with van der Waals surface area (Å²) in [7, 11) is 0. The molecule has 9 nitrogen and oxygen atoms in total. The summed E-state index contributed by atoms with van der Waals surface area (Å²) < 4.78 is 45.6. The number of nitrogens with zero attached hydrogens (tertiary/aromatic N) is 4. The normalized spacial score (nSPS) is 14.2. The molecule has 178 valence electrons. The third-order valence-electron chi connectivity index (χ3n) is 5.22. The second kappa shape index (κ2) is 9.51. The van der Waals surface area contributed by atoms with Gasteiger partial charge in [0, 0.05) is 31.7 Å². The second-order valence-corrected chi connectivity index (χ2v) is 7.45. The van der Waals surface area contributed by atoms with Crippen LogP contribution in [0.25, 0.3) is 11.5 Å². The maximum absolute atomic E-state index is 13.5. The molecule has 0 spiro atoms. The first kappa shape index (κ1) is 23.2. The lowest BCUT2D eigenvalue weighted by atomic mass is 10.2. The zero-order chi connectivity index (χ0) is 24.3. The number of benzene rings is 1. The van der Waals surface area contributed by atoms with Gasteiger partial charge in [0.15, 0.2) is 5.69 Å². The van der Waals surface area contributed by atoms with Gasteiger partial charge in [0.05, 0.1) is 11.9 Å². The van der Waals surface area contributed by atoms with Crippen molar-refractivity contribution in [3.05, 3.63) is 60.1 Å². The molecular formula is C22H20F3N5O4. The Morgan fingerprint density at radius 1 is 1.06 bits per heavy atom. The number of anilines is 2. The molecule has 0 radical (unpaired) electrons. The van der Waals surface area contributed by atoms with Gasteiger partial charge in [-0.25, -0.2) is 9.97 Å². The molecule has 2 N–H and O–H groups in total. The number of hydrogen-bond donors (Lipinski definition) is 2. The van der Waals surface area contributed by atoms with Gasteiger partial charge in [-0.15, -0.1) is 0 Å². The number of oxazole rings is 1. The highest BCUT2D eigenvalue weighted by molar-refractivity contribution is 6.03. The number of piperazine rings is 1. The van der Waals surface area contributed by atoms with Crippen LogP contribution in [0.4, 0.5) is 24.7 Å². The van der Waals surface area contributed by atoms with Gasteiger partial charge in [-0.05, 0) is 24.3 Å². The Hall–Kier alpha value is -3.93. The molecule has 34 heavy (non-hydrogen) atoms. The van der Waals surface area contributed by atoms with Gasteiger partial charge in [-0.1, -0.05) is 18.2 Å². The van der Waals surface area contributed by atoms with Crippen molar-refractivity contribution in [2.24, 2.45) is 0 Å². The van der Waals surface area contributed by atoms with Crippen LogP contribution in [0.15, 0.2) is 53.1 Å². The quantitative estimate of drug-likeness (QED) is 0.584. The van der Waals surface area contributed by atoms with Gasteiger partial charge < -0.3 is 24.6 Å². The molecule has 1 saturated heterocycles. The van der Waals surface area contributed by atoms with E-state index in [1.807, 2.05) is 4.90 Å². The van der Waals surface area contributed by atoms with Crippen LogP contribution in [0.5, 0.6) is 0 Å². The fourth-order valence-corrected chi connectivity index (χ4v) is 3.49. The number of carbonyl (C=O) groups excluding carboxylic acids is 2. The molecule has 1 aromatic carbocycles. The minimum absolute atomic E-state index is 0.175. The summed E-state index contributed by atoms with van der Waals surface area (Å²) in [6.45, 7) is 1.31. The number of aliphatic hydroxyl groups is 1. The topological polar surface area (TPSA) is 112 Å². The summed E-state index contributed by atoms with van der Waals surface area (Å²) in [5.74, 6) is -2.12. The van der Waals surface area contributed by atoms with E-state index in [0.717, 1.165) is 0 Å². The van der Waals surface area contributed by atoms with E-state index in [1.54, 1.807) is 29.2 Å². The lowest BCUT2D eigenvalue weighted by Crippen LogP contribution is -2.49. The number of aromatic nitrogens is 2. The van der Waals surface area contributed by atoms with Crippen molar-refractivity contribution < 1.29 is 32.3 Å². The van der Waals surface area contributed by atoms with Crippen molar-refractivity contribution in [2.45, 2.75) is 6.18 Å². The van der Waals surface area contributed by atoms with E-state index in [0.29, 0.717) is 37.6 Å². The summed E-state index contributed by atoms with van der Waals surface area (Å²) in [5, 5.41) is 11.3. The third-order valence-corrected chi connectivity index (χ3v) is 5.22. The molecule has 1 aliphatic rings. The van der Waals surface area contributed by atoms with Crippen molar-refractivity contribution in [1.82, 2.24) is 14.9 Å². The largest absolute Gasteiger partial charge is 0.437 e. The fraction of sp³-hybridized carbons (Fsp3) is 0.273. The lowest BCUT2D eigenvalue weighted by Gasteiger charge is -2.35. The monoisotopic (exact) mass is 475 g/mol. The lowest BCUT2D eigenvalue weighted by molar-refractivity contribution is -0.141. The number of nitrogens with one attached hydrogen (secondary N) is 1. The molecule has 2 aromatic heterocycles. The number of amides is 2. The zero-order valence-corrected chi connectivity index (χ0v) is 17.7. The first-order valence-corrected chi connectivity index (χ1v) is 10.3. The fourth-order valence-electron chi connectivity index (χ4n) is 3.49. The molecule has 4 rings (SSSR count). The predicted molar refractivity (Wildman–Crippen MR) is 115 cm³/mol. The summed E-state index contributed by atoms with van der Waals surface area (Å²) in [6, 6.07) is 11.1. The average molecular weight is 475 g/mol. The number of alkyl halides is 3. The van der Waals surface area contributed by atoms with Gasteiger partial charge in [0.2, 0.25) is 17.6 Å². The number of aliphatic hydroxyl groups excluding tert-OH is 1. The van der Waals surface area contributed by atoms with Crippen LogP contribution in [0.1, 0.15) is 16.2 Å². The van der Waals surface area contributed by atoms with Crippen LogP contribution in [-0.4, -0.2) is 64.6 Å².